The van der Waals surface area contributed by atoms with Crippen molar-refractivity contribution in [3.05, 3.63) is 41.7 Å². The maximum atomic E-state index is 4.68. The number of nitrogens with one attached hydrogen (secondary N) is 1. The van der Waals surface area contributed by atoms with Crippen LogP contribution in [0.1, 0.15) is 62.7 Å². The van der Waals surface area contributed by atoms with E-state index < -0.39 is 0 Å². The second-order valence-electron chi connectivity index (χ2n) is 6.46. The Hall–Kier alpha value is -1.77. The fraction of sp³-hybridized carbons (Fsp3) is 0.500. The number of hydrogen-bond donors (Lipinski definition) is 1. The molecule has 1 aromatic carbocycles. The molecule has 1 N–H and O–H groups in total. The van der Waals surface area contributed by atoms with Crippen LogP contribution in [0.25, 0.3) is 0 Å². The molecule has 1 fully saturated rings. The average Bonchev–Trinajstić information content (AvgIpc) is 3.08. The number of anilines is 2. The van der Waals surface area contributed by atoms with E-state index in [9.17, 15) is 0 Å². The highest BCUT2D eigenvalue weighted by molar-refractivity contribution is 5.55. The van der Waals surface area contributed by atoms with Gasteiger partial charge in [0.2, 0.25) is 5.95 Å². The van der Waals surface area contributed by atoms with E-state index in [1.165, 1.54) is 31.2 Å². The number of imidazole rings is 1. The zero-order valence-electron chi connectivity index (χ0n) is 13.3. The maximum Gasteiger partial charge on any atom is 0.207 e. The third-order valence-electron chi connectivity index (χ3n) is 4.38. The summed E-state index contributed by atoms with van der Waals surface area (Å²) in [5.74, 6) is 1.53. The number of aromatic nitrogens is 2. The summed E-state index contributed by atoms with van der Waals surface area (Å²) in [7, 11) is 0. The first-order valence-electron chi connectivity index (χ1n) is 8.06. The molecule has 2 aromatic rings. The molecule has 1 aromatic heterocycles. The molecule has 0 unspecified atom stereocenters. The largest absolute Gasteiger partial charge is 0.326 e. The fourth-order valence-corrected chi connectivity index (χ4v) is 3.17. The van der Waals surface area contributed by atoms with Crippen LogP contribution in [0.2, 0.25) is 0 Å². The fourth-order valence-electron chi connectivity index (χ4n) is 3.17. The van der Waals surface area contributed by atoms with Gasteiger partial charge in [0.1, 0.15) is 0 Å². The predicted molar refractivity (Wildman–Crippen MR) is 88.3 cm³/mol. The van der Waals surface area contributed by atoms with Crippen molar-refractivity contribution in [3.63, 3.8) is 0 Å². The number of aryl methyl sites for hydroxylation is 1. The second kappa shape index (κ2) is 5.92. The van der Waals surface area contributed by atoms with E-state index in [0.29, 0.717) is 12.0 Å². The Morgan fingerprint density at radius 2 is 2.00 bits per heavy atom. The molecule has 112 valence electrons. The second-order valence-corrected chi connectivity index (χ2v) is 6.46. The van der Waals surface area contributed by atoms with Gasteiger partial charge in [-0.15, -0.1) is 0 Å². The van der Waals surface area contributed by atoms with Gasteiger partial charge in [-0.05, 0) is 43.4 Å². The topological polar surface area (TPSA) is 29.9 Å². The van der Waals surface area contributed by atoms with Crippen molar-refractivity contribution in [3.8, 4) is 0 Å². The van der Waals surface area contributed by atoms with Gasteiger partial charge in [0.05, 0.1) is 5.69 Å². The Morgan fingerprint density at radius 3 is 2.71 bits per heavy atom. The molecule has 3 rings (SSSR count). The quantitative estimate of drug-likeness (QED) is 0.838. The van der Waals surface area contributed by atoms with E-state index in [1.54, 1.807) is 0 Å². The van der Waals surface area contributed by atoms with Crippen LogP contribution in [-0.4, -0.2) is 9.55 Å². The van der Waals surface area contributed by atoms with Crippen molar-refractivity contribution in [1.29, 1.82) is 0 Å². The number of rotatable bonds is 4. The summed E-state index contributed by atoms with van der Waals surface area (Å²) < 4.78 is 2.34. The maximum absolute atomic E-state index is 4.68. The molecule has 0 saturated heterocycles. The van der Waals surface area contributed by atoms with Gasteiger partial charge in [0.15, 0.2) is 0 Å². The molecule has 0 spiro atoms. The summed E-state index contributed by atoms with van der Waals surface area (Å²) in [5.41, 5.74) is 3.58. The van der Waals surface area contributed by atoms with Gasteiger partial charge in [-0.25, -0.2) is 4.98 Å². The van der Waals surface area contributed by atoms with Crippen LogP contribution in [0.5, 0.6) is 0 Å². The van der Waals surface area contributed by atoms with E-state index in [4.69, 9.17) is 0 Å². The minimum atomic E-state index is 0.545. The minimum Gasteiger partial charge on any atom is -0.326 e. The molecule has 1 heterocycles. The Kier molecular flexibility index (Phi) is 4.00. The van der Waals surface area contributed by atoms with Gasteiger partial charge in [-0.2, -0.15) is 0 Å². The summed E-state index contributed by atoms with van der Waals surface area (Å²) >= 11 is 0. The van der Waals surface area contributed by atoms with Crippen LogP contribution in [0.4, 0.5) is 11.6 Å². The Balaban J connectivity index is 1.86. The van der Waals surface area contributed by atoms with E-state index in [0.717, 1.165) is 17.3 Å². The molecule has 0 amide bonds. The van der Waals surface area contributed by atoms with E-state index in [-0.39, 0.29) is 0 Å². The molecule has 3 nitrogen and oxygen atoms in total. The van der Waals surface area contributed by atoms with Gasteiger partial charge in [-0.3, -0.25) is 0 Å². The number of benzene rings is 1. The molecule has 21 heavy (non-hydrogen) atoms. The standard InChI is InChI=1S/C18H25N3/c1-13(2)15-7-6-8-16(11-15)20-18-19-14(3)12-21(18)17-9-4-5-10-17/h6-8,11-13,17H,4-5,9-10H2,1-3H3,(H,19,20). The number of nitrogens with zero attached hydrogens (tertiary/aromatic N) is 2. The molecular weight excluding hydrogens is 258 g/mol. The van der Waals surface area contributed by atoms with Crippen molar-refractivity contribution in [2.75, 3.05) is 5.32 Å². The van der Waals surface area contributed by atoms with Crippen LogP contribution in [-0.2, 0) is 0 Å². The third kappa shape index (κ3) is 3.12. The molecule has 3 heteroatoms. The molecule has 0 radical (unpaired) electrons. The van der Waals surface area contributed by atoms with E-state index in [2.05, 4.69) is 66.1 Å². The molecule has 1 saturated carbocycles. The molecule has 0 aliphatic heterocycles. The highest BCUT2D eigenvalue weighted by Crippen LogP contribution is 2.33. The summed E-state index contributed by atoms with van der Waals surface area (Å²) in [5, 5.41) is 3.52. The van der Waals surface area contributed by atoms with Gasteiger partial charge >= 0.3 is 0 Å². The zero-order chi connectivity index (χ0) is 14.8. The van der Waals surface area contributed by atoms with Crippen LogP contribution in [0.15, 0.2) is 30.5 Å². The highest BCUT2D eigenvalue weighted by Gasteiger charge is 2.20. The van der Waals surface area contributed by atoms with Crippen molar-refractivity contribution in [2.45, 2.75) is 58.4 Å². The third-order valence-corrected chi connectivity index (χ3v) is 4.38. The minimum absolute atomic E-state index is 0.545. The molecule has 1 aliphatic rings. The lowest BCUT2D eigenvalue weighted by Crippen LogP contribution is -2.08. The Bertz CT molecular complexity index is 607. The lowest BCUT2D eigenvalue weighted by Gasteiger charge is -2.16. The highest BCUT2D eigenvalue weighted by atomic mass is 15.2. The molecular formula is C18H25N3. The first-order valence-corrected chi connectivity index (χ1v) is 8.06. The lowest BCUT2D eigenvalue weighted by molar-refractivity contribution is 0.524. The van der Waals surface area contributed by atoms with Crippen LogP contribution >= 0.6 is 0 Å². The summed E-state index contributed by atoms with van der Waals surface area (Å²) in [6.45, 7) is 6.52. The Labute approximate surface area is 127 Å². The van der Waals surface area contributed by atoms with Gasteiger partial charge in [-0.1, -0.05) is 38.8 Å². The predicted octanol–water partition coefficient (Wildman–Crippen LogP) is 5.17. The summed E-state index contributed by atoms with van der Waals surface area (Å²) in [4.78, 5) is 4.68. The first kappa shape index (κ1) is 14.2. The van der Waals surface area contributed by atoms with E-state index >= 15 is 0 Å². The van der Waals surface area contributed by atoms with Crippen LogP contribution in [0, 0.1) is 6.92 Å². The van der Waals surface area contributed by atoms with Gasteiger partial charge in [0.25, 0.3) is 0 Å². The van der Waals surface area contributed by atoms with Gasteiger partial charge in [0, 0.05) is 17.9 Å². The normalized spacial score (nSPS) is 15.8. The van der Waals surface area contributed by atoms with Crippen LogP contribution < -0.4 is 5.32 Å². The van der Waals surface area contributed by atoms with Gasteiger partial charge < -0.3 is 9.88 Å². The molecule has 0 atom stereocenters. The molecule has 0 bridgehead atoms. The van der Waals surface area contributed by atoms with E-state index in [1.807, 2.05) is 0 Å². The summed E-state index contributed by atoms with van der Waals surface area (Å²) in [6, 6.07) is 9.27. The zero-order valence-corrected chi connectivity index (χ0v) is 13.3. The smallest absolute Gasteiger partial charge is 0.207 e. The number of hydrogen-bond acceptors (Lipinski definition) is 2. The monoisotopic (exact) mass is 283 g/mol. The SMILES string of the molecule is Cc1cn(C2CCCC2)c(Nc2cccc(C(C)C)c2)n1. The Morgan fingerprint density at radius 1 is 1.24 bits per heavy atom. The first-order chi connectivity index (χ1) is 10.1. The van der Waals surface area contributed by atoms with Crippen molar-refractivity contribution in [1.82, 2.24) is 9.55 Å². The van der Waals surface area contributed by atoms with Crippen molar-refractivity contribution in [2.24, 2.45) is 0 Å². The average molecular weight is 283 g/mol. The van der Waals surface area contributed by atoms with Crippen LogP contribution in [0.3, 0.4) is 0 Å². The van der Waals surface area contributed by atoms with Crippen molar-refractivity contribution < 1.29 is 0 Å². The summed E-state index contributed by atoms with van der Waals surface area (Å²) in [6.07, 6.45) is 7.41. The molecule has 1 aliphatic carbocycles. The van der Waals surface area contributed by atoms with Crippen molar-refractivity contribution >= 4 is 11.6 Å². The lowest BCUT2D eigenvalue weighted by atomic mass is 10.0.